The van der Waals surface area contributed by atoms with Gasteiger partial charge in [0.25, 0.3) is 0 Å². The number of hydrogen-bond acceptors (Lipinski definition) is 2. The highest BCUT2D eigenvalue weighted by atomic mass is 16.2. The summed E-state index contributed by atoms with van der Waals surface area (Å²) in [7, 11) is 0. The molecule has 0 heterocycles. The minimum atomic E-state index is 0.0404. The van der Waals surface area contributed by atoms with Crippen molar-refractivity contribution < 1.29 is 9.59 Å². The molecule has 2 aliphatic carbocycles. The van der Waals surface area contributed by atoms with Gasteiger partial charge in [0.05, 0.1) is 0 Å². The molecule has 4 nitrogen and oxygen atoms in total. The van der Waals surface area contributed by atoms with Gasteiger partial charge in [-0.15, -0.1) is 0 Å². The van der Waals surface area contributed by atoms with Gasteiger partial charge in [-0.1, -0.05) is 38.5 Å². The molecule has 2 aliphatic rings. The highest BCUT2D eigenvalue weighted by Gasteiger charge is 2.29. The molecule has 0 bridgehead atoms. The van der Waals surface area contributed by atoms with Crippen molar-refractivity contribution in [3.8, 4) is 0 Å². The van der Waals surface area contributed by atoms with Crippen molar-refractivity contribution in [3.63, 3.8) is 0 Å². The fourth-order valence-electron chi connectivity index (χ4n) is 4.39. The predicted octanol–water partition coefficient (Wildman–Crippen LogP) is 3.74. The van der Waals surface area contributed by atoms with Crippen molar-refractivity contribution in [2.75, 3.05) is 13.1 Å². The maximum Gasteiger partial charge on any atom is 0.232 e. The average molecular weight is 322 g/mol. The first-order valence-electron chi connectivity index (χ1n) is 9.76. The smallest absolute Gasteiger partial charge is 0.232 e. The molecule has 2 rings (SSSR count). The molecule has 0 unspecified atom stereocenters. The second-order valence-corrected chi connectivity index (χ2v) is 7.12. The Hall–Kier alpha value is -1.06. The molecule has 0 atom stereocenters. The minimum Gasteiger partial charge on any atom is -0.340 e. The van der Waals surface area contributed by atoms with Crippen molar-refractivity contribution >= 4 is 11.8 Å². The highest BCUT2D eigenvalue weighted by molar-refractivity contribution is 5.97. The number of carbonyl (C=O) groups is 2. The maximum absolute atomic E-state index is 12.7. The van der Waals surface area contributed by atoms with E-state index in [0.29, 0.717) is 12.1 Å². The molecule has 0 aromatic rings. The van der Waals surface area contributed by atoms with Crippen molar-refractivity contribution in [3.05, 3.63) is 0 Å². The summed E-state index contributed by atoms with van der Waals surface area (Å²) in [6.07, 6.45) is 11.9. The Morgan fingerprint density at radius 3 is 1.35 bits per heavy atom. The molecular formula is C19H34N2O2. The second-order valence-electron chi connectivity index (χ2n) is 7.12. The van der Waals surface area contributed by atoms with E-state index in [2.05, 4.69) is 0 Å². The van der Waals surface area contributed by atoms with E-state index < -0.39 is 0 Å². The van der Waals surface area contributed by atoms with E-state index in [1.807, 2.05) is 23.6 Å². The van der Waals surface area contributed by atoms with E-state index in [1.165, 1.54) is 38.5 Å². The van der Waals surface area contributed by atoms with E-state index in [4.69, 9.17) is 0 Å². The Labute approximate surface area is 141 Å². The molecule has 0 saturated heterocycles. The summed E-state index contributed by atoms with van der Waals surface area (Å²) in [4.78, 5) is 29.3. The summed E-state index contributed by atoms with van der Waals surface area (Å²) < 4.78 is 0. The monoisotopic (exact) mass is 322 g/mol. The van der Waals surface area contributed by atoms with Gasteiger partial charge in [-0.05, 0) is 39.5 Å². The molecule has 2 amide bonds. The summed E-state index contributed by atoms with van der Waals surface area (Å²) in [6, 6.07) is 0.720. The molecule has 0 aliphatic heterocycles. The van der Waals surface area contributed by atoms with Crippen molar-refractivity contribution in [1.29, 1.82) is 0 Å². The first-order chi connectivity index (χ1) is 11.2. The average Bonchev–Trinajstić information content (AvgIpc) is 2.58. The fourth-order valence-corrected chi connectivity index (χ4v) is 4.39. The van der Waals surface area contributed by atoms with Crippen LogP contribution < -0.4 is 0 Å². The van der Waals surface area contributed by atoms with Gasteiger partial charge in [0.15, 0.2) is 0 Å². The predicted molar refractivity (Wildman–Crippen MR) is 93.1 cm³/mol. The molecule has 2 fully saturated rings. The Kier molecular flexibility index (Phi) is 7.38. The lowest BCUT2D eigenvalue weighted by atomic mass is 9.93. The Bertz CT molecular complexity index is 349. The van der Waals surface area contributed by atoms with Crippen LogP contribution in [0.25, 0.3) is 0 Å². The first kappa shape index (κ1) is 18.3. The Balaban J connectivity index is 1.91. The van der Waals surface area contributed by atoms with E-state index >= 15 is 0 Å². The van der Waals surface area contributed by atoms with Gasteiger partial charge in [0.2, 0.25) is 11.8 Å². The lowest BCUT2D eigenvalue weighted by molar-refractivity contribution is -0.143. The van der Waals surface area contributed by atoms with Gasteiger partial charge in [-0.3, -0.25) is 9.59 Å². The quantitative estimate of drug-likeness (QED) is 0.699. The van der Waals surface area contributed by atoms with E-state index in [1.54, 1.807) is 0 Å². The van der Waals surface area contributed by atoms with Crippen LogP contribution in [0, 0.1) is 0 Å². The van der Waals surface area contributed by atoms with Crippen LogP contribution in [0.4, 0.5) is 0 Å². The van der Waals surface area contributed by atoms with Gasteiger partial charge in [-0.2, -0.15) is 0 Å². The fraction of sp³-hybridized carbons (Fsp3) is 0.895. The molecule has 0 aromatic heterocycles. The van der Waals surface area contributed by atoms with Gasteiger partial charge >= 0.3 is 0 Å². The van der Waals surface area contributed by atoms with E-state index in [0.717, 1.165) is 38.8 Å². The third-order valence-corrected chi connectivity index (χ3v) is 5.66. The van der Waals surface area contributed by atoms with Crippen LogP contribution in [0.3, 0.4) is 0 Å². The number of amides is 2. The van der Waals surface area contributed by atoms with Gasteiger partial charge < -0.3 is 9.80 Å². The van der Waals surface area contributed by atoms with Crippen LogP contribution >= 0.6 is 0 Å². The normalized spacial score (nSPS) is 20.3. The SMILES string of the molecule is CCN(C(=O)CC(=O)N(CC)C1CCCCC1)C1CCCCC1. The molecule has 0 radical (unpaired) electrons. The number of nitrogens with zero attached hydrogens (tertiary/aromatic N) is 2. The third-order valence-electron chi connectivity index (χ3n) is 5.66. The minimum absolute atomic E-state index is 0.0404. The molecule has 0 spiro atoms. The third kappa shape index (κ3) is 4.95. The van der Waals surface area contributed by atoms with Gasteiger partial charge in [0.1, 0.15) is 6.42 Å². The Morgan fingerprint density at radius 1 is 0.696 bits per heavy atom. The Morgan fingerprint density at radius 2 is 1.04 bits per heavy atom. The number of hydrogen-bond donors (Lipinski definition) is 0. The van der Waals surface area contributed by atoms with Gasteiger partial charge in [0, 0.05) is 25.2 Å². The summed E-state index contributed by atoms with van der Waals surface area (Å²) >= 11 is 0. The largest absolute Gasteiger partial charge is 0.340 e. The lowest BCUT2D eigenvalue weighted by Gasteiger charge is -2.36. The highest BCUT2D eigenvalue weighted by Crippen LogP contribution is 2.25. The van der Waals surface area contributed by atoms with E-state index in [-0.39, 0.29) is 18.2 Å². The molecule has 0 aromatic carbocycles. The van der Waals surface area contributed by atoms with Crippen molar-refractivity contribution in [2.24, 2.45) is 0 Å². The van der Waals surface area contributed by atoms with Crippen LogP contribution in [0.2, 0.25) is 0 Å². The summed E-state index contributed by atoms with van der Waals surface area (Å²) in [5.41, 5.74) is 0. The first-order valence-corrected chi connectivity index (χ1v) is 9.76. The van der Waals surface area contributed by atoms with Crippen LogP contribution in [0.5, 0.6) is 0 Å². The van der Waals surface area contributed by atoms with Crippen LogP contribution in [-0.2, 0) is 9.59 Å². The zero-order chi connectivity index (χ0) is 16.7. The summed E-state index contributed by atoms with van der Waals surface area (Å²) in [6.45, 7) is 5.53. The van der Waals surface area contributed by atoms with E-state index in [9.17, 15) is 9.59 Å². The standard InChI is InChI=1S/C19H34N2O2/c1-3-20(16-11-7-5-8-12-16)18(22)15-19(23)21(4-2)17-13-9-6-10-14-17/h16-17H,3-15H2,1-2H3. The molecule has 23 heavy (non-hydrogen) atoms. The molecular weight excluding hydrogens is 288 g/mol. The zero-order valence-electron chi connectivity index (χ0n) is 15.1. The number of rotatable bonds is 6. The van der Waals surface area contributed by atoms with Crippen LogP contribution in [0.1, 0.15) is 84.5 Å². The molecule has 2 saturated carbocycles. The number of carbonyl (C=O) groups excluding carboxylic acids is 2. The lowest BCUT2D eigenvalue weighted by Crippen LogP contribution is -2.46. The zero-order valence-corrected chi connectivity index (χ0v) is 15.1. The molecule has 0 N–H and O–H groups in total. The molecule has 132 valence electrons. The molecule has 4 heteroatoms. The van der Waals surface area contributed by atoms with Crippen molar-refractivity contribution in [1.82, 2.24) is 9.80 Å². The van der Waals surface area contributed by atoms with Crippen LogP contribution in [0.15, 0.2) is 0 Å². The maximum atomic E-state index is 12.7. The summed E-state index contributed by atoms with van der Waals surface area (Å²) in [5.74, 6) is 0.0809. The summed E-state index contributed by atoms with van der Waals surface area (Å²) in [5, 5.41) is 0. The van der Waals surface area contributed by atoms with Gasteiger partial charge in [-0.25, -0.2) is 0 Å². The second kappa shape index (κ2) is 9.29. The van der Waals surface area contributed by atoms with Crippen molar-refractivity contribution in [2.45, 2.75) is 96.6 Å². The van der Waals surface area contributed by atoms with Crippen LogP contribution in [-0.4, -0.2) is 46.8 Å². The topological polar surface area (TPSA) is 40.6 Å².